The largest absolute Gasteiger partial charge is 0.508 e. The number of rotatable bonds is 2. The molecule has 5 nitrogen and oxygen atoms in total. The number of hydrogen-bond donors (Lipinski definition) is 2. The molecule has 0 amide bonds. The second-order valence-electron chi connectivity index (χ2n) is 4.54. The van der Waals surface area contributed by atoms with Gasteiger partial charge in [0, 0.05) is 24.6 Å². The van der Waals surface area contributed by atoms with E-state index < -0.39 is 0 Å². The number of nitrogens with zero attached hydrogens (tertiary/aromatic N) is 2. The fourth-order valence-electron chi connectivity index (χ4n) is 2.29. The molecule has 0 spiro atoms. The summed E-state index contributed by atoms with van der Waals surface area (Å²) >= 11 is 0. The Hall–Kier alpha value is -1.75. The summed E-state index contributed by atoms with van der Waals surface area (Å²) in [5, 5.41) is 15.2. The highest BCUT2D eigenvalue weighted by Crippen LogP contribution is 2.35. The van der Waals surface area contributed by atoms with E-state index >= 15 is 0 Å². The zero-order valence-electron chi connectivity index (χ0n) is 9.68. The molecule has 17 heavy (non-hydrogen) atoms. The second kappa shape index (κ2) is 3.63. The highest BCUT2D eigenvalue weighted by atomic mass is 16.5. The van der Waals surface area contributed by atoms with Gasteiger partial charge in [0.2, 0.25) is 0 Å². The first-order chi connectivity index (χ1) is 8.15. The van der Waals surface area contributed by atoms with E-state index in [0.29, 0.717) is 13.2 Å². The minimum Gasteiger partial charge on any atom is -0.508 e. The molecule has 0 radical (unpaired) electrons. The van der Waals surface area contributed by atoms with Crippen molar-refractivity contribution in [2.45, 2.75) is 25.9 Å². The van der Waals surface area contributed by atoms with Crippen LogP contribution in [0, 0.1) is 0 Å². The average molecular weight is 233 g/mol. The monoisotopic (exact) mass is 233 g/mol. The summed E-state index contributed by atoms with van der Waals surface area (Å²) in [6.07, 6.45) is 0.806. The minimum absolute atomic E-state index is 0.0263. The van der Waals surface area contributed by atoms with Crippen molar-refractivity contribution in [3.05, 3.63) is 17.8 Å². The quantitative estimate of drug-likeness (QED) is 0.812. The Morgan fingerprint density at radius 3 is 3.18 bits per heavy atom. The van der Waals surface area contributed by atoms with Crippen LogP contribution in [0.15, 0.2) is 12.1 Å². The van der Waals surface area contributed by atoms with Gasteiger partial charge in [0.05, 0.1) is 29.7 Å². The lowest BCUT2D eigenvalue weighted by molar-refractivity contribution is 0.314. The fraction of sp³-hybridized carbons (Fsp3) is 0.417. The molecule has 1 atom stereocenters. The van der Waals surface area contributed by atoms with Crippen LogP contribution in [0.2, 0.25) is 0 Å². The van der Waals surface area contributed by atoms with Gasteiger partial charge in [-0.25, -0.2) is 0 Å². The molecule has 5 heteroatoms. The molecular formula is C12H15N3O2. The topological polar surface area (TPSA) is 73.3 Å². The zero-order valence-corrected chi connectivity index (χ0v) is 9.68. The number of hydrogen-bond acceptors (Lipinski definition) is 4. The van der Waals surface area contributed by atoms with Crippen LogP contribution in [0.5, 0.6) is 11.5 Å². The van der Waals surface area contributed by atoms with Crippen LogP contribution in [0.1, 0.15) is 12.6 Å². The number of ether oxygens (including phenoxy) is 1. The van der Waals surface area contributed by atoms with Gasteiger partial charge in [-0.1, -0.05) is 0 Å². The summed E-state index contributed by atoms with van der Waals surface area (Å²) in [4.78, 5) is 0. The van der Waals surface area contributed by atoms with E-state index in [1.54, 1.807) is 12.1 Å². The van der Waals surface area contributed by atoms with E-state index in [4.69, 9.17) is 10.5 Å². The summed E-state index contributed by atoms with van der Waals surface area (Å²) in [6.45, 7) is 3.19. The van der Waals surface area contributed by atoms with Gasteiger partial charge in [0.15, 0.2) is 0 Å². The number of nitrogens with two attached hydrogens (primary N) is 1. The molecule has 3 rings (SSSR count). The lowest BCUT2D eigenvalue weighted by atomic mass is 10.1. The number of benzene rings is 1. The van der Waals surface area contributed by atoms with Gasteiger partial charge < -0.3 is 15.6 Å². The SMILES string of the molecule is CC(N)Cn1nc2c3c(cc(O)cc31)OCC2. The van der Waals surface area contributed by atoms with Crippen LogP contribution < -0.4 is 10.5 Å². The van der Waals surface area contributed by atoms with Crippen molar-refractivity contribution in [1.29, 1.82) is 0 Å². The molecule has 1 aliphatic heterocycles. The van der Waals surface area contributed by atoms with E-state index in [0.717, 1.165) is 28.8 Å². The van der Waals surface area contributed by atoms with Crippen LogP contribution >= 0.6 is 0 Å². The second-order valence-corrected chi connectivity index (χ2v) is 4.54. The molecular weight excluding hydrogens is 218 g/mol. The Balaban J connectivity index is 2.25. The Labute approximate surface area is 98.8 Å². The Morgan fingerprint density at radius 2 is 2.41 bits per heavy atom. The molecule has 0 aliphatic carbocycles. The van der Waals surface area contributed by atoms with Crippen molar-refractivity contribution in [1.82, 2.24) is 9.78 Å². The van der Waals surface area contributed by atoms with Crippen molar-refractivity contribution in [2.75, 3.05) is 6.61 Å². The van der Waals surface area contributed by atoms with Gasteiger partial charge in [0.25, 0.3) is 0 Å². The van der Waals surface area contributed by atoms with Crippen molar-refractivity contribution >= 4 is 10.9 Å². The van der Waals surface area contributed by atoms with Gasteiger partial charge in [-0.3, -0.25) is 4.68 Å². The normalized spacial score (nSPS) is 15.9. The predicted octanol–water partition coefficient (Wildman–Crippen LogP) is 1.02. The fourth-order valence-corrected chi connectivity index (χ4v) is 2.29. The molecule has 1 aromatic heterocycles. The molecule has 2 aromatic rings. The first-order valence-electron chi connectivity index (χ1n) is 5.76. The third-order valence-corrected chi connectivity index (χ3v) is 2.93. The number of phenols is 1. The van der Waals surface area contributed by atoms with Crippen molar-refractivity contribution in [3.63, 3.8) is 0 Å². The van der Waals surface area contributed by atoms with Gasteiger partial charge in [-0.2, -0.15) is 5.10 Å². The van der Waals surface area contributed by atoms with Gasteiger partial charge >= 0.3 is 0 Å². The lowest BCUT2D eigenvalue weighted by Crippen LogP contribution is -2.22. The van der Waals surface area contributed by atoms with E-state index in [2.05, 4.69) is 5.10 Å². The Kier molecular flexibility index (Phi) is 2.22. The summed E-state index contributed by atoms with van der Waals surface area (Å²) < 4.78 is 7.40. The standard InChI is InChI=1S/C12H15N3O2/c1-7(13)6-15-10-4-8(16)5-11-12(10)9(14-15)2-3-17-11/h4-5,7,16H,2-3,6,13H2,1H3. The first kappa shape index (κ1) is 10.4. The summed E-state index contributed by atoms with van der Waals surface area (Å²) in [5.74, 6) is 0.920. The first-order valence-corrected chi connectivity index (χ1v) is 5.76. The van der Waals surface area contributed by atoms with Gasteiger partial charge in [-0.15, -0.1) is 0 Å². The molecule has 90 valence electrons. The molecule has 0 fully saturated rings. The maximum atomic E-state index is 9.68. The van der Waals surface area contributed by atoms with E-state index in [-0.39, 0.29) is 11.8 Å². The van der Waals surface area contributed by atoms with Gasteiger partial charge in [0.1, 0.15) is 11.5 Å². The third-order valence-electron chi connectivity index (χ3n) is 2.93. The van der Waals surface area contributed by atoms with Crippen LogP contribution in [0.3, 0.4) is 0 Å². The smallest absolute Gasteiger partial charge is 0.134 e. The van der Waals surface area contributed by atoms with Crippen molar-refractivity contribution < 1.29 is 9.84 Å². The maximum absolute atomic E-state index is 9.68. The van der Waals surface area contributed by atoms with Gasteiger partial charge in [-0.05, 0) is 6.92 Å². The lowest BCUT2D eigenvalue weighted by Gasteiger charge is -2.13. The summed E-state index contributed by atoms with van der Waals surface area (Å²) in [6, 6.07) is 3.38. The van der Waals surface area contributed by atoms with Crippen molar-refractivity contribution in [2.24, 2.45) is 5.73 Å². The van der Waals surface area contributed by atoms with Crippen molar-refractivity contribution in [3.8, 4) is 11.5 Å². The zero-order chi connectivity index (χ0) is 12.0. The van der Waals surface area contributed by atoms with Crippen LogP contribution in [-0.2, 0) is 13.0 Å². The molecule has 1 aliphatic rings. The number of aromatic hydroxyl groups is 1. The molecule has 3 N–H and O–H groups in total. The predicted molar refractivity (Wildman–Crippen MR) is 64.2 cm³/mol. The van der Waals surface area contributed by atoms with E-state index in [1.807, 2.05) is 11.6 Å². The minimum atomic E-state index is 0.0263. The Bertz CT molecular complexity index is 575. The highest BCUT2D eigenvalue weighted by Gasteiger charge is 2.20. The molecule has 0 saturated carbocycles. The van der Waals surface area contributed by atoms with E-state index in [9.17, 15) is 5.11 Å². The third kappa shape index (κ3) is 1.63. The van der Waals surface area contributed by atoms with Crippen LogP contribution in [-0.4, -0.2) is 27.5 Å². The molecule has 1 unspecified atom stereocenters. The van der Waals surface area contributed by atoms with Crippen LogP contribution in [0.4, 0.5) is 0 Å². The maximum Gasteiger partial charge on any atom is 0.134 e. The molecule has 1 aromatic carbocycles. The summed E-state index contributed by atoms with van der Waals surface area (Å²) in [5.41, 5.74) is 7.73. The van der Waals surface area contributed by atoms with E-state index in [1.165, 1.54) is 0 Å². The molecule has 0 saturated heterocycles. The Morgan fingerprint density at radius 1 is 1.59 bits per heavy atom. The average Bonchev–Trinajstić information content (AvgIpc) is 2.57. The molecule has 0 bridgehead atoms. The number of phenolic OH excluding ortho intramolecular Hbond substituents is 1. The summed E-state index contributed by atoms with van der Waals surface area (Å²) in [7, 11) is 0. The highest BCUT2D eigenvalue weighted by molar-refractivity contribution is 5.90. The van der Waals surface area contributed by atoms with Crippen LogP contribution in [0.25, 0.3) is 10.9 Å². The molecule has 2 heterocycles. The number of aromatic nitrogens is 2.